The second-order valence-electron chi connectivity index (χ2n) is 6.59. The average molecular weight is 371 g/mol. The predicted molar refractivity (Wildman–Crippen MR) is 103 cm³/mol. The standard InChI is InChI=1S/C21H23ClN2O2/c22-19-9-5-4-6-16(19)10-11-20(25)24-14-12-18(13-15-24)23-21(26)17-7-2-1-3-8-17/h1-9,18H,10-15H2,(H,23,26). The van der Waals surface area contributed by atoms with E-state index in [-0.39, 0.29) is 17.9 Å². The summed E-state index contributed by atoms with van der Waals surface area (Å²) >= 11 is 6.15. The Morgan fingerprint density at radius 3 is 2.35 bits per heavy atom. The Kier molecular flexibility index (Phi) is 6.29. The van der Waals surface area contributed by atoms with Gasteiger partial charge in [-0.25, -0.2) is 0 Å². The Labute approximate surface area is 159 Å². The van der Waals surface area contributed by atoms with E-state index in [2.05, 4.69) is 5.32 Å². The molecule has 0 saturated carbocycles. The van der Waals surface area contributed by atoms with Crippen LogP contribution in [-0.2, 0) is 11.2 Å². The van der Waals surface area contributed by atoms with Gasteiger partial charge in [0.25, 0.3) is 5.91 Å². The monoisotopic (exact) mass is 370 g/mol. The Morgan fingerprint density at radius 2 is 1.65 bits per heavy atom. The molecule has 1 fully saturated rings. The molecule has 0 aliphatic carbocycles. The number of amides is 2. The molecule has 1 aliphatic rings. The molecule has 0 bridgehead atoms. The first-order valence-electron chi connectivity index (χ1n) is 9.00. The highest BCUT2D eigenvalue weighted by Gasteiger charge is 2.24. The second-order valence-corrected chi connectivity index (χ2v) is 6.99. The number of likely N-dealkylation sites (tertiary alicyclic amines) is 1. The molecule has 1 N–H and O–H groups in total. The predicted octanol–water partition coefficient (Wildman–Crippen LogP) is 3.69. The number of hydrogen-bond acceptors (Lipinski definition) is 2. The van der Waals surface area contributed by atoms with Crippen molar-refractivity contribution in [2.45, 2.75) is 31.7 Å². The molecule has 2 amide bonds. The minimum absolute atomic E-state index is 0.0471. The Bertz CT molecular complexity index is 756. The fourth-order valence-electron chi connectivity index (χ4n) is 3.23. The number of nitrogens with zero attached hydrogens (tertiary/aromatic N) is 1. The molecule has 1 heterocycles. The number of halogens is 1. The molecule has 0 atom stereocenters. The van der Waals surface area contributed by atoms with Crippen LogP contribution < -0.4 is 5.32 Å². The molecule has 136 valence electrons. The summed E-state index contributed by atoms with van der Waals surface area (Å²) in [5.41, 5.74) is 1.68. The second kappa shape index (κ2) is 8.86. The van der Waals surface area contributed by atoms with E-state index in [0.29, 0.717) is 36.5 Å². The van der Waals surface area contributed by atoms with Crippen molar-refractivity contribution in [3.05, 3.63) is 70.7 Å². The lowest BCUT2D eigenvalue weighted by molar-refractivity contribution is -0.132. The molecular formula is C21H23ClN2O2. The van der Waals surface area contributed by atoms with Crippen molar-refractivity contribution in [2.75, 3.05) is 13.1 Å². The highest BCUT2D eigenvalue weighted by molar-refractivity contribution is 6.31. The number of hydrogen-bond donors (Lipinski definition) is 1. The van der Waals surface area contributed by atoms with Gasteiger partial charge in [0.1, 0.15) is 0 Å². The van der Waals surface area contributed by atoms with Crippen LogP contribution in [-0.4, -0.2) is 35.8 Å². The highest BCUT2D eigenvalue weighted by Crippen LogP contribution is 2.18. The molecule has 2 aromatic carbocycles. The normalized spacial score (nSPS) is 14.9. The summed E-state index contributed by atoms with van der Waals surface area (Å²) in [5, 5.41) is 3.78. The van der Waals surface area contributed by atoms with Crippen LogP contribution in [0.1, 0.15) is 35.2 Å². The molecule has 4 nitrogen and oxygen atoms in total. The van der Waals surface area contributed by atoms with Crippen LogP contribution in [0, 0.1) is 0 Å². The van der Waals surface area contributed by atoms with E-state index in [1.54, 1.807) is 0 Å². The zero-order chi connectivity index (χ0) is 18.4. The zero-order valence-electron chi connectivity index (χ0n) is 14.7. The fraction of sp³-hybridized carbons (Fsp3) is 0.333. The molecule has 1 aliphatic heterocycles. The maximum atomic E-state index is 12.4. The lowest BCUT2D eigenvalue weighted by Crippen LogP contribution is -2.46. The van der Waals surface area contributed by atoms with Crippen molar-refractivity contribution < 1.29 is 9.59 Å². The minimum Gasteiger partial charge on any atom is -0.349 e. The molecule has 0 radical (unpaired) electrons. The molecular weight excluding hydrogens is 348 g/mol. The van der Waals surface area contributed by atoms with E-state index >= 15 is 0 Å². The van der Waals surface area contributed by atoms with Gasteiger partial charge in [-0.2, -0.15) is 0 Å². The van der Waals surface area contributed by atoms with E-state index in [4.69, 9.17) is 11.6 Å². The zero-order valence-corrected chi connectivity index (χ0v) is 15.4. The maximum absolute atomic E-state index is 12.4. The highest BCUT2D eigenvalue weighted by atomic mass is 35.5. The van der Waals surface area contributed by atoms with Gasteiger partial charge in [-0.1, -0.05) is 48.0 Å². The van der Waals surface area contributed by atoms with Crippen molar-refractivity contribution in [1.82, 2.24) is 10.2 Å². The number of rotatable bonds is 5. The van der Waals surface area contributed by atoms with Crippen LogP contribution in [0.4, 0.5) is 0 Å². The first kappa shape index (κ1) is 18.5. The van der Waals surface area contributed by atoms with Crippen LogP contribution in [0.3, 0.4) is 0 Å². The van der Waals surface area contributed by atoms with E-state index in [0.717, 1.165) is 18.4 Å². The first-order chi connectivity index (χ1) is 12.6. The van der Waals surface area contributed by atoms with Crippen molar-refractivity contribution in [3.63, 3.8) is 0 Å². The first-order valence-corrected chi connectivity index (χ1v) is 9.38. The molecule has 3 rings (SSSR count). The molecule has 26 heavy (non-hydrogen) atoms. The molecule has 0 aromatic heterocycles. The Balaban J connectivity index is 1.44. The summed E-state index contributed by atoms with van der Waals surface area (Å²) in [4.78, 5) is 26.5. The van der Waals surface area contributed by atoms with Crippen LogP contribution in [0.15, 0.2) is 54.6 Å². The van der Waals surface area contributed by atoms with Gasteiger partial charge < -0.3 is 10.2 Å². The summed E-state index contributed by atoms with van der Waals surface area (Å²) in [6.45, 7) is 1.36. The van der Waals surface area contributed by atoms with Crippen molar-refractivity contribution in [2.24, 2.45) is 0 Å². The minimum atomic E-state index is -0.0471. The number of carbonyl (C=O) groups excluding carboxylic acids is 2. The molecule has 1 saturated heterocycles. The Morgan fingerprint density at radius 1 is 1.00 bits per heavy atom. The maximum Gasteiger partial charge on any atom is 0.251 e. The van der Waals surface area contributed by atoms with Gasteiger partial charge in [-0.15, -0.1) is 0 Å². The molecule has 0 unspecified atom stereocenters. The number of piperidine rings is 1. The fourth-order valence-corrected chi connectivity index (χ4v) is 3.46. The van der Waals surface area contributed by atoms with Crippen LogP contribution >= 0.6 is 11.6 Å². The topological polar surface area (TPSA) is 49.4 Å². The van der Waals surface area contributed by atoms with Gasteiger partial charge in [0, 0.05) is 36.1 Å². The van der Waals surface area contributed by atoms with Gasteiger partial charge in [-0.05, 0) is 43.0 Å². The number of carbonyl (C=O) groups is 2. The summed E-state index contributed by atoms with van der Waals surface area (Å²) in [6.07, 6.45) is 2.70. The number of aryl methyl sites for hydroxylation is 1. The van der Waals surface area contributed by atoms with Crippen LogP contribution in [0.5, 0.6) is 0 Å². The lowest BCUT2D eigenvalue weighted by atomic mass is 10.0. The van der Waals surface area contributed by atoms with E-state index in [1.807, 2.05) is 59.5 Å². The number of benzene rings is 2. The quantitative estimate of drug-likeness (QED) is 0.872. The molecule has 0 spiro atoms. The summed E-state index contributed by atoms with van der Waals surface area (Å²) in [6, 6.07) is 17.0. The lowest BCUT2D eigenvalue weighted by Gasteiger charge is -2.32. The van der Waals surface area contributed by atoms with Crippen molar-refractivity contribution >= 4 is 23.4 Å². The summed E-state index contributed by atoms with van der Waals surface area (Å²) in [5.74, 6) is 0.104. The van der Waals surface area contributed by atoms with E-state index < -0.39 is 0 Å². The molecule has 2 aromatic rings. The van der Waals surface area contributed by atoms with Crippen LogP contribution in [0.25, 0.3) is 0 Å². The number of nitrogens with one attached hydrogen (secondary N) is 1. The molecule has 5 heteroatoms. The summed E-state index contributed by atoms with van der Waals surface area (Å²) < 4.78 is 0. The third kappa shape index (κ3) is 4.85. The van der Waals surface area contributed by atoms with Gasteiger partial charge in [0.2, 0.25) is 5.91 Å². The third-order valence-electron chi connectivity index (χ3n) is 4.78. The van der Waals surface area contributed by atoms with Gasteiger partial charge in [-0.3, -0.25) is 9.59 Å². The SMILES string of the molecule is O=C(NC1CCN(C(=O)CCc2ccccc2Cl)CC1)c1ccccc1. The average Bonchev–Trinajstić information content (AvgIpc) is 2.68. The van der Waals surface area contributed by atoms with E-state index in [9.17, 15) is 9.59 Å². The summed E-state index contributed by atoms with van der Waals surface area (Å²) in [7, 11) is 0. The van der Waals surface area contributed by atoms with Gasteiger partial charge in [0.05, 0.1) is 0 Å². The van der Waals surface area contributed by atoms with Gasteiger partial charge >= 0.3 is 0 Å². The third-order valence-corrected chi connectivity index (χ3v) is 5.15. The largest absolute Gasteiger partial charge is 0.349 e. The Hall–Kier alpha value is -2.33. The van der Waals surface area contributed by atoms with Crippen LogP contribution in [0.2, 0.25) is 5.02 Å². The van der Waals surface area contributed by atoms with Crippen molar-refractivity contribution in [1.29, 1.82) is 0 Å². The van der Waals surface area contributed by atoms with Gasteiger partial charge in [0.15, 0.2) is 0 Å². The van der Waals surface area contributed by atoms with Crippen molar-refractivity contribution in [3.8, 4) is 0 Å². The smallest absolute Gasteiger partial charge is 0.251 e. The van der Waals surface area contributed by atoms with E-state index in [1.165, 1.54) is 0 Å².